The lowest BCUT2D eigenvalue weighted by Gasteiger charge is -2.14. The van der Waals surface area contributed by atoms with Crippen LogP contribution in [-0.2, 0) is 4.74 Å². The molecule has 1 atom stereocenters. The molecule has 2 heteroatoms. The van der Waals surface area contributed by atoms with Crippen LogP contribution in [0.15, 0.2) is 30.3 Å². The van der Waals surface area contributed by atoms with Gasteiger partial charge in [0.05, 0.1) is 6.61 Å². The van der Waals surface area contributed by atoms with Crippen molar-refractivity contribution in [2.45, 2.75) is 25.8 Å². The van der Waals surface area contributed by atoms with Gasteiger partial charge in [0.1, 0.15) is 0 Å². The molecule has 0 saturated heterocycles. The van der Waals surface area contributed by atoms with Crippen LogP contribution in [0.25, 0.3) is 0 Å². The third-order valence-electron chi connectivity index (χ3n) is 3.05. The first-order chi connectivity index (χ1) is 7.86. The molecular formula is C14H21NO. The number of benzene rings is 1. The van der Waals surface area contributed by atoms with Crippen LogP contribution in [0, 0.1) is 5.92 Å². The lowest BCUT2D eigenvalue weighted by atomic mass is 10.1. The summed E-state index contributed by atoms with van der Waals surface area (Å²) in [5, 5.41) is 3.47. The highest BCUT2D eigenvalue weighted by molar-refractivity contribution is 5.17. The topological polar surface area (TPSA) is 21.3 Å². The lowest BCUT2D eigenvalue weighted by Crippen LogP contribution is -2.23. The summed E-state index contributed by atoms with van der Waals surface area (Å²) in [6, 6.07) is 10.9. The molecular weight excluding hydrogens is 198 g/mol. The van der Waals surface area contributed by atoms with Crippen molar-refractivity contribution >= 4 is 0 Å². The zero-order valence-corrected chi connectivity index (χ0v) is 9.99. The maximum absolute atomic E-state index is 5.58. The summed E-state index contributed by atoms with van der Waals surface area (Å²) in [5.74, 6) is 0.867. The number of rotatable bonds is 7. The van der Waals surface area contributed by atoms with E-state index in [1.54, 1.807) is 0 Å². The maximum atomic E-state index is 5.58. The van der Waals surface area contributed by atoms with Gasteiger partial charge in [-0.3, -0.25) is 0 Å². The predicted molar refractivity (Wildman–Crippen MR) is 66.4 cm³/mol. The van der Waals surface area contributed by atoms with Crippen LogP contribution in [-0.4, -0.2) is 19.8 Å². The summed E-state index contributed by atoms with van der Waals surface area (Å²) in [7, 11) is 0. The highest BCUT2D eigenvalue weighted by Gasteiger charge is 2.20. The van der Waals surface area contributed by atoms with Crippen LogP contribution in [0.4, 0.5) is 0 Å². The van der Waals surface area contributed by atoms with Crippen LogP contribution < -0.4 is 5.32 Å². The molecule has 2 nitrogen and oxygen atoms in total. The summed E-state index contributed by atoms with van der Waals surface area (Å²) in [4.78, 5) is 0. The predicted octanol–water partition coefficient (Wildman–Crippen LogP) is 2.76. The van der Waals surface area contributed by atoms with Crippen LogP contribution >= 0.6 is 0 Å². The molecule has 1 saturated carbocycles. The molecule has 1 aromatic carbocycles. The number of ether oxygens (including phenoxy) is 1. The van der Waals surface area contributed by atoms with Crippen molar-refractivity contribution in [2.75, 3.05) is 19.8 Å². The summed E-state index contributed by atoms with van der Waals surface area (Å²) in [6.07, 6.45) is 2.74. The average Bonchev–Trinajstić information content (AvgIpc) is 3.13. The van der Waals surface area contributed by atoms with Crippen molar-refractivity contribution in [3.8, 4) is 0 Å². The van der Waals surface area contributed by atoms with Gasteiger partial charge in [-0.15, -0.1) is 0 Å². The minimum atomic E-state index is 0.408. The van der Waals surface area contributed by atoms with E-state index in [0.717, 1.165) is 25.7 Å². The Morgan fingerprint density at radius 2 is 2.06 bits per heavy atom. The molecule has 2 rings (SSSR count). The van der Waals surface area contributed by atoms with Gasteiger partial charge in [0.15, 0.2) is 0 Å². The number of nitrogens with one attached hydrogen (secondary N) is 1. The Labute approximate surface area is 98.0 Å². The Morgan fingerprint density at radius 1 is 1.31 bits per heavy atom. The molecule has 0 aromatic heterocycles. The Hall–Kier alpha value is -0.860. The third-order valence-corrected chi connectivity index (χ3v) is 3.05. The van der Waals surface area contributed by atoms with E-state index in [9.17, 15) is 0 Å². The highest BCUT2D eigenvalue weighted by Crippen LogP contribution is 2.28. The zero-order valence-electron chi connectivity index (χ0n) is 9.99. The van der Waals surface area contributed by atoms with Gasteiger partial charge in [0.25, 0.3) is 0 Å². The maximum Gasteiger partial charge on any atom is 0.0591 e. The van der Waals surface area contributed by atoms with Gasteiger partial charge in [0.2, 0.25) is 0 Å². The van der Waals surface area contributed by atoms with E-state index in [1.807, 2.05) is 0 Å². The monoisotopic (exact) mass is 219 g/mol. The van der Waals surface area contributed by atoms with Crippen molar-refractivity contribution in [3.63, 3.8) is 0 Å². The first-order valence-electron chi connectivity index (χ1n) is 6.22. The average molecular weight is 219 g/mol. The van der Waals surface area contributed by atoms with Crippen LogP contribution in [0.2, 0.25) is 0 Å². The minimum absolute atomic E-state index is 0.408. The molecule has 0 radical (unpaired) electrons. The largest absolute Gasteiger partial charge is 0.380 e. The van der Waals surface area contributed by atoms with Crippen LogP contribution in [0.1, 0.15) is 31.4 Å². The van der Waals surface area contributed by atoms with Gasteiger partial charge in [0, 0.05) is 19.2 Å². The van der Waals surface area contributed by atoms with Gasteiger partial charge >= 0.3 is 0 Å². The molecule has 1 N–H and O–H groups in total. The van der Waals surface area contributed by atoms with E-state index in [1.165, 1.54) is 18.4 Å². The van der Waals surface area contributed by atoms with E-state index >= 15 is 0 Å². The number of hydrogen-bond donors (Lipinski definition) is 1. The Kier molecular flexibility index (Phi) is 4.37. The van der Waals surface area contributed by atoms with Gasteiger partial charge in [-0.1, -0.05) is 30.3 Å². The quantitative estimate of drug-likeness (QED) is 0.712. The Balaban J connectivity index is 1.58. The van der Waals surface area contributed by atoms with E-state index < -0.39 is 0 Å². The van der Waals surface area contributed by atoms with Gasteiger partial charge < -0.3 is 10.1 Å². The summed E-state index contributed by atoms with van der Waals surface area (Å²) in [5.41, 5.74) is 1.34. The summed E-state index contributed by atoms with van der Waals surface area (Å²) >= 11 is 0. The van der Waals surface area contributed by atoms with E-state index in [4.69, 9.17) is 4.74 Å². The van der Waals surface area contributed by atoms with Crippen molar-refractivity contribution in [1.29, 1.82) is 0 Å². The zero-order chi connectivity index (χ0) is 11.2. The first kappa shape index (κ1) is 11.6. The van der Waals surface area contributed by atoms with Gasteiger partial charge in [-0.05, 0) is 31.2 Å². The van der Waals surface area contributed by atoms with Crippen molar-refractivity contribution < 1.29 is 4.74 Å². The summed E-state index contributed by atoms with van der Waals surface area (Å²) < 4.78 is 5.58. The molecule has 88 valence electrons. The molecule has 0 bridgehead atoms. The molecule has 0 aliphatic heterocycles. The van der Waals surface area contributed by atoms with E-state index in [2.05, 4.69) is 42.6 Å². The lowest BCUT2D eigenvalue weighted by molar-refractivity contribution is 0.124. The van der Waals surface area contributed by atoms with E-state index in [0.29, 0.717) is 6.04 Å². The SMILES string of the molecule is CC(NCCOCC1CC1)c1ccccc1. The van der Waals surface area contributed by atoms with E-state index in [-0.39, 0.29) is 0 Å². The molecule has 0 amide bonds. The normalized spacial score (nSPS) is 17.3. The van der Waals surface area contributed by atoms with Gasteiger partial charge in [-0.2, -0.15) is 0 Å². The van der Waals surface area contributed by atoms with Gasteiger partial charge in [-0.25, -0.2) is 0 Å². The molecule has 0 spiro atoms. The summed E-state index contributed by atoms with van der Waals surface area (Å²) in [6.45, 7) is 4.91. The molecule has 1 aliphatic rings. The fraction of sp³-hybridized carbons (Fsp3) is 0.571. The molecule has 1 unspecified atom stereocenters. The third kappa shape index (κ3) is 3.95. The smallest absolute Gasteiger partial charge is 0.0591 e. The molecule has 1 aromatic rings. The van der Waals surface area contributed by atoms with Crippen molar-refractivity contribution in [3.05, 3.63) is 35.9 Å². The minimum Gasteiger partial charge on any atom is -0.380 e. The van der Waals surface area contributed by atoms with Crippen molar-refractivity contribution in [1.82, 2.24) is 5.32 Å². The van der Waals surface area contributed by atoms with Crippen molar-refractivity contribution in [2.24, 2.45) is 5.92 Å². The second kappa shape index (κ2) is 6.02. The fourth-order valence-corrected chi connectivity index (χ4v) is 1.74. The van der Waals surface area contributed by atoms with Crippen LogP contribution in [0.3, 0.4) is 0 Å². The molecule has 1 aliphatic carbocycles. The highest BCUT2D eigenvalue weighted by atomic mass is 16.5. The molecule has 16 heavy (non-hydrogen) atoms. The van der Waals surface area contributed by atoms with Crippen LogP contribution in [0.5, 0.6) is 0 Å². The molecule has 1 fully saturated rings. The second-order valence-corrected chi connectivity index (χ2v) is 4.60. The molecule has 0 heterocycles. The standard InChI is InChI=1S/C14H21NO/c1-12(14-5-3-2-4-6-14)15-9-10-16-11-13-7-8-13/h2-6,12-13,15H,7-11H2,1H3. The first-order valence-corrected chi connectivity index (χ1v) is 6.22. The second-order valence-electron chi connectivity index (χ2n) is 4.60. The fourth-order valence-electron chi connectivity index (χ4n) is 1.74. The number of hydrogen-bond acceptors (Lipinski definition) is 2. The Bertz CT molecular complexity index is 295. The Morgan fingerprint density at radius 3 is 2.75 bits per heavy atom.